The van der Waals surface area contributed by atoms with Crippen LogP contribution in [-0.2, 0) is 0 Å². The number of hydrogen-bond acceptors (Lipinski definition) is 2. The second kappa shape index (κ2) is 4.07. The summed E-state index contributed by atoms with van der Waals surface area (Å²) in [6.45, 7) is 0. The van der Waals surface area contributed by atoms with Gasteiger partial charge in [0.05, 0.1) is 5.52 Å². The van der Waals surface area contributed by atoms with Crippen molar-refractivity contribution in [2.24, 2.45) is 0 Å². The number of fused-ring (bicyclic) bond motifs is 1. The Labute approximate surface area is 85.8 Å². The van der Waals surface area contributed by atoms with Gasteiger partial charge in [0.2, 0.25) is 5.56 Å². The van der Waals surface area contributed by atoms with Crippen molar-refractivity contribution in [1.82, 2.24) is 4.98 Å². The van der Waals surface area contributed by atoms with Gasteiger partial charge in [-0.05, 0) is 18.2 Å². The summed E-state index contributed by atoms with van der Waals surface area (Å²) >= 11 is 0. The third kappa shape index (κ3) is 1.83. The molecule has 72 valence electrons. The fraction of sp³-hybridized carbons (Fsp3) is 0. The second-order valence-electron chi connectivity index (χ2n) is 2.73. The normalized spacial score (nSPS) is 9.43. The van der Waals surface area contributed by atoms with E-state index in [1.165, 1.54) is 12.1 Å². The molecule has 0 unspecified atom stereocenters. The molecule has 0 saturated heterocycles. The van der Waals surface area contributed by atoms with Gasteiger partial charge in [-0.3, -0.25) is 9.59 Å². The molecule has 0 aliphatic carbocycles. The molecular formula is C10H8ClNO2. The molecule has 0 spiro atoms. The largest absolute Gasteiger partial charge is 0.322 e. The first kappa shape index (κ1) is 10.5. The quantitative estimate of drug-likeness (QED) is 0.711. The number of aromatic amines is 1. The summed E-state index contributed by atoms with van der Waals surface area (Å²) in [6, 6.07) is 9.45. The first-order valence-electron chi connectivity index (χ1n) is 3.90. The molecule has 3 nitrogen and oxygen atoms in total. The zero-order valence-corrected chi connectivity index (χ0v) is 8.01. The zero-order chi connectivity index (χ0) is 9.26. The molecule has 0 amide bonds. The maximum Gasteiger partial charge on any atom is 0.248 e. The van der Waals surface area contributed by atoms with Gasteiger partial charge in [0.25, 0.3) is 0 Å². The van der Waals surface area contributed by atoms with Crippen molar-refractivity contribution in [2.45, 2.75) is 0 Å². The predicted molar refractivity (Wildman–Crippen MR) is 58.1 cm³/mol. The van der Waals surface area contributed by atoms with E-state index >= 15 is 0 Å². The van der Waals surface area contributed by atoms with E-state index in [9.17, 15) is 9.59 Å². The van der Waals surface area contributed by atoms with Gasteiger partial charge < -0.3 is 4.98 Å². The Hall–Kier alpha value is -1.61. The molecule has 4 heteroatoms. The fourth-order valence-electron chi connectivity index (χ4n) is 1.22. The third-order valence-corrected chi connectivity index (χ3v) is 1.84. The van der Waals surface area contributed by atoms with Crippen molar-refractivity contribution in [2.75, 3.05) is 0 Å². The molecule has 14 heavy (non-hydrogen) atoms. The minimum atomic E-state index is -0.265. The SMILES string of the molecule is Cl.O=c1ccc(=O)c2ccccc2[nH]1. The first-order chi connectivity index (χ1) is 6.27. The molecule has 0 fully saturated rings. The molecule has 0 atom stereocenters. The molecule has 2 rings (SSSR count). The number of rotatable bonds is 0. The highest BCUT2D eigenvalue weighted by Gasteiger charge is 1.94. The lowest BCUT2D eigenvalue weighted by molar-refractivity contribution is 1.33. The maximum absolute atomic E-state index is 11.4. The highest BCUT2D eigenvalue weighted by Crippen LogP contribution is 2.01. The molecule has 1 aromatic heterocycles. The van der Waals surface area contributed by atoms with Crippen LogP contribution in [0.2, 0.25) is 0 Å². The number of H-pyrrole nitrogens is 1. The Morgan fingerprint density at radius 2 is 1.64 bits per heavy atom. The Balaban J connectivity index is 0.000000980. The number of aromatic nitrogens is 1. The lowest BCUT2D eigenvalue weighted by atomic mass is 10.2. The Kier molecular flexibility index (Phi) is 3.04. The summed E-state index contributed by atoms with van der Waals surface area (Å²) in [5.41, 5.74) is 0.162. The molecule has 1 aromatic carbocycles. The molecule has 2 aromatic rings. The standard InChI is InChI=1S/C10H7NO2.ClH/c12-9-5-6-10(13)11-8-4-2-1-3-7(8)9;/h1-6H,(H,11,13);1H. The van der Waals surface area contributed by atoms with Gasteiger partial charge in [-0.1, -0.05) is 12.1 Å². The molecular weight excluding hydrogens is 202 g/mol. The lowest BCUT2D eigenvalue weighted by Crippen LogP contribution is -1.97. The summed E-state index contributed by atoms with van der Waals surface area (Å²) in [4.78, 5) is 25.0. The van der Waals surface area contributed by atoms with E-state index in [-0.39, 0.29) is 23.4 Å². The van der Waals surface area contributed by atoms with Crippen molar-refractivity contribution >= 4 is 23.3 Å². The van der Waals surface area contributed by atoms with E-state index in [0.29, 0.717) is 10.9 Å². The monoisotopic (exact) mass is 209 g/mol. The van der Waals surface area contributed by atoms with Crippen LogP contribution in [0.3, 0.4) is 0 Å². The highest BCUT2D eigenvalue weighted by atomic mass is 35.5. The Bertz CT molecular complexity index is 562. The average molecular weight is 210 g/mol. The molecule has 0 bridgehead atoms. The molecule has 0 aliphatic heterocycles. The van der Waals surface area contributed by atoms with E-state index < -0.39 is 0 Å². The number of nitrogens with one attached hydrogen (secondary N) is 1. The Morgan fingerprint density at radius 1 is 0.929 bits per heavy atom. The van der Waals surface area contributed by atoms with Crippen LogP contribution in [0, 0.1) is 0 Å². The van der Waals surface area contributed by atoms with Crippen molar-refractivity contribution in [3.63, 3.8) is 0 Å². The summed E-state index contributed by atoms with van der Waals surface area (Å²) in [5, 5.41) is 0.532. The number of hydrogen-bond donors (Lipinski definition) is 1. The summed E-state index contributed by atoms with van der Waals surface area (Å²) in [5.74, 6) is 0. The molecule has 0 radical (unpaired) electrons. The van der Waals surface area contributed by atoms with Crippen molar-refractivity contribution < 1.29 is 0 Å². The molecule has 1 N–H and O–H groups in total. The van der Waals surface area contributed by atoms with Crippen molar-refractivity contribution in [1.29, 1.82) is 0 Å². The van der Waals surface area contributed by atoms with Gasteiger partial charge in [0.1, 0.15) is 0 Å². The van der Waals surface area contributed by atoms with Crippen LogP contribution in [0.4, 0.5) is 0 Å². The van der Waals surface area contributed by atoms with Crippen LogP contribution < -0.4 is 11.0 Å². The topological polar surface area (TPSA) is 49.9 Å². The van der Waals surface area contributed by atoms with E-state index in [1.54, 1.807) is 24.3 Å². The molecule has 0 aliphatic rings. The highest BCUT2D eigenvalue weighted by molar-refractivity contribution is 5.85. The van der Waals surface area contributed by atoms with E-state index in [1.807, 2.05) is 0 Å². The van der Waals surface area contributed by atoms with Gasteiger partial charge in [-0.2, -0.15) is 0 Å². The van der Waals surface area contributed by atoms with Gasteiger partial charge in [-0.25, -0.2) is 0 Å². The number of para-hydroxylation sites is 1. The van der Waals surface area contributed by atoms with Crippen molar-refractivity contribution in [3.8, 4) is 0 Å². The van der Waals surface area contributed by atoms with Crippen LogP contribution in [0.5, 0.6) is 0 Å². The van der Waals surface area contributed by atoms with Gasteiger partial charge >= 0.3 is 0 Å². The fourth-order valence-corrected chi connectivity index (χ4v) is 1.22. The van der Waals surface area contributed by atoms with E-state index in [2.05, 4.69) is 4.98 Å². The average Bonchev–Trinajstić information content (AvgIpc) is 2.27. The number of benzene rings is 1. The van der Waals surface area contributed by atoms with Gasteiger partial charge in [0, 0.05) is 11.5 Å². The summed E-state index contributed by atoms with van der Waals surface area (Å²) < 4.78 is 0. The maximum atomic E-state index is 11.4. The molecule has 1 heterocycles. The van der Waals surface area contributed by atoms with E-state index in [4.69, 9.17) is 0 Å². The van der Waals surface area contributed by atoms with E-state index in [0.717, 1.165) is 0 Å². The van der Waals surface area contributed by atoms with Gasteiger partial charge in [-0.15, -0.1) is 12.4 Å². The minimum absolute atomic E-state index is 0. The van der Waals surface area contributed by atoms with Crippen LogP contribution in [0.15, 0.2) is 46.0 Å². The first-order valence-corrected chi connectivity index (χ1v) is 3.90. The van der Waals surface area contributed by atoms with Crippen LogP contribution in [0.25, 0.3) is 10.9 Å². The Morgan fingerprint density at radius 3 is 2.43 bits per heavy atom. The minimum Gasteiger partial charge on any atom is -0.322 e. The van der Waals surface area contributed by atoms with Crippen molar-refractivity contribution in [3.05, 3.63) is 57.0 Å². The summed E-state index contributed by atoms with van der Waals surface area (Å²) in [6.07, 6.45) is 0. The zero-order valence-electron chi connectivity index (χ0n) is 7.19. The summed E-state index contributed by atoms with van der Waals surface area (Å²) in [7, 11) is 0. The van der Waals surface area contributed by atoms with Crippen LogP contribution in [-0.4, -0.2) is 4.98 Å². The molecule has 0 saturated carbocycles. The predicted octanol–water partition coefficient (Wildman–Crippen LogP) is 1.31. The van der Waals surface area contributed by atoms with Crippen LogP contribution in [0.1, 0.15) is 0 Å². The smallest absolute Gasteiger partial charge is 0.248 e. The second-order valence-corrected chi connectivity index (χ2v) is 2.73. The van der Waals surface area contributed by atoms with Crippen LogP contribution >= 0.6 is 12.4 Å². The third-order valence-electron chi connectivity index (χ3n) is 1.84. The lowest BCUT2D eigenvalue weighted by Gasteiger charge is -1.87. The van der Waals surface area contributed by atoms with Gasteiger partial charge in [0.15, 0.2) is 5.43 Å². The number of halogens is 1.